The highest BCUT2D eigenvalue weighted by Crippen LogP contribution is 2.26. The molecule has 0 spiro atoms. The minimum Gasteiger partial charge on any atom is -0.322 e. The molecule has 0 amide bonds. The predicted octanol–water partition coefficient (Wildman–Crippen LogP) is 2.84. The second-order valence-corrected chi connectivity index (χ2v) is 4.11. The molecular formula is C10H14ClN. The lowest BCUT2D eigenvalue weighted by Gasteiger charge is -2.20. The first-order valence-electron chi connectivity index (χ1n) is 3.97. The van der Waals surface area contributed by atoms with Crippen LogP contribution in [0.4, 0.5) is 0 Å². The fraction of sp³-hybridized carbons (Fsp3) is 0.400. The summed E-state index contributed by atoms with van der Waals surface area (Å²) in [5.74, 6) is 0. The fourth-order valence-electron chi connectivity index (χ4n) is 1.13. The highest BCUT2D eigenvalue weighted by molar-refractivity contribution is 6.31. The van der Waals surface area contributed by atoms with Crippen molar-refractivity contribution in [2.24, 2.45) is 5.73 Å². The molecule has 0 radical (unpaired) electrons. The van der Waals surface area contributed by atoms with Gasteiger partial charge in [-0.2, -0.15) is 0 Å². The first-order chi connectivity index (χ1) is 5.41. The van der Waals surface area contributed by atoms with E-state index in [0.717, 1.165) is 10.6 Å². The van der Waals surface area contributed by atoms with Gasteiger partial charge in [0, 0.05) is 10.6 Å². The molecule has 0 aliphatic carbocycles. The molecule has 66 valence electrons. The molecule has 0 aliphatic heterocycles. The van der Waals surface area contributed by atoms with Gasteiger partial charge in [0.25, 0.3) is 0 Å². The third-order valence-electron chi connectivity index (χ3n) is 1.82. The monoisotopic (exact) mass is 183 g/mol. The van der Waals surface area contributed by atoms with Crippen molar-refractivity contribution in [2.75, 3.05) is 0 Å². The first-order valence-corrected chi connectivity index (χ1v) is 4.34. The average Bonchev–Trinajstić information content (AvgIpc) is 1.92. The van der Waals surface area contributed by atoms with Crippen LogP contribution in [0.2, 0.25) is 5.02 Å². The molecule has 1 nitrogen and oxygen atoms in total. The SMILES string of the molecule is Cc1ccc(Cl)c(C(C)(C)N)c1. The number of hydrogen-bond donors (Lipinski definition) is 1. The molecular weight excluding hydrogens is 170 g/mol. The molecule has 0 bridgehead atoms. The summed E-state index contributed by atoms with van der Waals surface area (Å²) in [6.07, 6.45) is 0. The highest BCUT2D eigenvalue weighted by Gasteiger charge is 2.17. The summed E-state index contributed by atoms with van der Waals surface area (Å²) in [5.41, 5.74) is 7.78. The van der Waals surface area contributed by atoms with Gasteiger partial charge in [0.2, 0.25) is 0 Å². The summed E-state index contributed by atoms with van der Waals surface area (Å²) >= 11 is 6.00. The molecule has 0 atom stereocenters. The van der Waals surface area contributed by atoms with Crippen LogP contribution in [0.1, 0.15) is 25.0 Å². The molecule has 0 saturated heterocycles. The summed E-state index contributed by atoms with van der Waals surface area (Å²) in [7, 11) is 0. The molecule has 0 heterocycles. The quantitative estimate of drug-likeness (QED) is 0.712. The Hall–Kier alpha value is -0.530. The number of benzene rings is 1. The van der Waals surface area contributed by atoms with E-state index in [1.807, 2.05) is 39.0 Å². The molecule has 0 saturated carbocycles. The second-order valence-electron chi connectivity index (χ2n) is 3.70. The van der Waals surface area contributed by atoms with Gasteiger partial charge >= 0.3 is 0 Å². The van der Waals surface area contributed by atoms with Crippen molar-refractivity contribution < 1.29 is 0 Å². The van der Waals surface area contributed by atoms with E-state index in [-0.39, 0.29) is 5.54 Å². The van der Waals surface area contributed by atoms with Gasteiger partial charge in [-0.05, 0) is 32.4 Å². The summed E-state index contributed by atoms with van der Waals surface area (Å²) < 4.78 is 0. The topological polar surface area (TPSA) is 26.0 Å². The largest absolute Gasteiger partial charge is 0.322 e. The van der Waals surface area contributed by atoms with Crippen LogP contribution in [0.5, 0.6) is 0 Å². The van der Waals surface area contributed by atoms with E-state index in [4.69, 9.17) is 17.3 Å². The Morgan fingerprint density at radius 1 is 1.33 bits per heavy atom. The zero-order valence-electron chi connectivity index (χ0n) is 7.69. The predicted molar refractivity (Wildman–Crippen MR) is 53.4 cm³/mol. The second kappa shape index (κ2) is 3.08. The zero-order chi connectivity index (χ0) is 9.35. The van der Waals surface area contributed by atoms with Crippen molar-refractivity contribution in [1.82, 2.24) is 0 Å². The maximum absolute atomic E-state index is 6.00. The summed E-state index contributed by atoms with van der Waals surface area (Å²) in [6.45, 7) is 5.94. The van der Waals surface area contributed by atoms with E-state index in [2.05, 4.69) is 0 Å². The third kappa shape index (κ3) is 1.99. The van der Waals surface area contributed by atoms with Gasteiger partial charge in [-0.15, -0.1) is 0 Å². The Labute approximate surface area is 78.5 Å². The van der Waals surface area contributed by atoms with Crippen molar-refractivity contribution in [1.29, 1.82) is 0 Å². The molecule has 0 aromatic heterocycles. The number of aryl methyl sites for hydroxylation is 1. The Morgan fingerprint density at radius 3 is 2.33 bits per heavy atom. The fourth-order valence-corrected chi connectivity index (χ4v) is 1.49. The molecule has 0 unspecified atom stereocenters. The molecule has 12 heavy (non-hydrogen) atoms. The van der Waals surface area contributed by atoms with Gasteiger partial charge in [-0.25, -0.2) is 0 Å². The van der Waals surface area contributed by atoms with Crippen LogP contribution in [0.15, 0.2) is 18.2 Å². The molecule has 1 rings (SSSR count). The lowest BCUT2D eigenvalue weighted by Crippen LogP contribution is -2.29. The molecule has 2 heteroatoms. The van der Waals surface area contributed by atoms with Crippen LogP contribution in [0.3, 0.4) is 0 Å². The smallest absolute Gasteiger partial charge is 0.0456 e. The third-order valence-corrected chi connectivity index (χ3v) is 2.15. The number of rotatable bonds is 1. The molecule has 0 fully saturated rings. The molecule has 2 N–H and O–H groups in total. The molecule has 0 aliphatic rings. The van der Waals surface area contributed by atoms with Crippen LogP contribution in [0, 0.1) is 6.92 Å². The lowest BCUT2D eigenvalue weighted by atomic mass is 9.94. The summed E-state index contributed by atoms with van der Waals surface area (Å²) in [4.78, 5) is 0. The van der Waals surface area contributed by atoms with Crippen LogP contribution in [-0.4, -0.2) is 0 Å². The molecule has 1 aromatic carbocycles. The van der Waals surface area contributed by atoms with Gasteiger partial charge in [-0.3, -0.25) is 0 Å². The van der Waals surface area contributed by atoms with Crippen molar-refractivity contribution in [2.45, 2.75) is 26.3 Å². The van der Waals surface area contributed by atoms with E-state index in [1.54, 1.807) is 0 Å². The highest BCUT2D eigenvalue weighted by atomic mass is 35.5. The normalized spacial score (nSPS) is 11.8. The van der Waals surface area contributed by atoms with E-state index in [1.165, 1.54) is 5.56 Å². The Bertz CT molecular complexity index is 286. The summed E-state index contributed by atoms with van der Waals surface area (Å²) in [6, 6.07) is 5.90. The van der Waals surface area contributed by atoms with E-state index < -0.39 is 0 Å². The van der Waals surface area contributed by atoms with Crippen molar-refractivity contribution in [3.8, 4) is 0 Å². The Kier molecular flexibility index (Phi) is 2.45. The van der Waals surface area contributed by atoms with Crippen LogP contribution in [0.25, 0.3) is 0 Å². The van der Waals surface area contributed by atoms with E-state index in [9.17, 15) is 0 Å². The first kappa shape index (κ1) is 9.56. The van der Waals surface area contributed by atoms with E-state index >= 15 is 0 Å². The van der Waals surface area contributed by atoms with Gasteiger partial charge in [0.05, 0.1) is 0 Å². The Balaban J connectivity index is 3.23. The maximum Gasteiger partial charge on any atom is 0.0456 e. The van der Waals surface area contributed by atoms with Gasteiger partial charge in [-0.1, -0.05) is 29.3 Å². The summed E-state index contributed by atoms with van der Waals surface area (Å²) in [5, 5.41) is 0.744. The molecule has 1 aromatic rings. The van der Waals surface area contributed by atoms with Gasteiger partial charge < -0.3 is 5.73 Å². The average molecular weight is 184 g/mol. The van der Waals surface area contributed by atoms with Crippen molar-refractivity contribution in [3.05, 3.63) is 34.3 Å². The number of hydrogen-bond acceptors (Lipinski definition) is 1. The minimum atomic E-state index is -0.358. The van der Waals surface area contributed by atoms with Gasteiger partial charge in [0.1, 0.15) is 0 Å². The van der Waals surface area contributed by atoms with Crippen molar-refractivity contribution in [3.63, 3.8) is 0 Å². The standard InChI is InChI=1S/C10H14ClN/c1-7-4-5-9(11)8(6-7)10(2,3)12/h4-6H,12H2,1-3H3. The van der Waals surface area contributed by atoms with Gasteiger partial charge in [0.15, 0.2) is 0 Å². The van der Waals surface area contributed by atoms with Crippen LogP contribution in [-0.2, 0) is 5.54 Å². The zero-order valence-corrected chi connectivity index (χ0v) is 8.44. The maximum atomic E-state index is 6.00. The number of nitrogens with two attached hydrogens (primary N) is 1. The van der Waals surface area contributed by atoms with Crippen LogP contribution >= 0.6 is 11.6 Å². The minimum absolute atomic E-state index is 0.358. The van der Waals surface area contributed by atoms with Crippen LogP contribution < -0.4 is 5.73 Å². The van der Waals surface area contributed by atoms with Crippen molar-refractivity contribution >= 4 is 11.6 Å². The lowest BCUT2D eigenvalue weighted by molar-refractivity contribution is 0.554. The number of halogens is 1. The van der Waals surface area contributed by atoms with E-state index in [0.29, 0.717) is 0 Å². The Morgan fingerprint density at radius 2 is 1.92 bits per heavy atom.